The van der Waals surface area contributed by atoms with Crippen LogP contribution in [-0.2, 0) is 11.3 Å². The number of piperidine rings is 1. The highest BCUT2D eigenvalue weighted by molar-refractivity contribution is 6.06. The Hall–Kier alpha value is -4.73. The van der Waals surface area contributed by atoms with Gasteiger partial charge in [-0.3, -0.25) is 4.79 Å². The number of para-hydroxylation sites is 1. The molecule has 0 aliphatic carbocycles. The van der Waals surface area contributed by atoms with Crippen LogP contribution in [0, 0.1) is 0 Å². The van der Waals surface area contributed by atoms with Gasteiger partial charge in [-0.1, -0.05) is 24.3 Å². The quantitative estimate of drug-likeness (QED) is 0.269. The van der Waals surface area contributed by atoms with E-state index in [1.54, 1.807) is 17.0 Å². The number of rotatable bonds is 7. The predicted molar refractivity (Wildman–Crippen MR) is 159 cm³/mol. The van der Waals surface area contributed by atoms with Crippen molar-refractivity contribution in [2.24, 2.45) is 5.73 Å². The fourth-order valence-electron chi connectivity index (χ4n) is 4.96. The van der Waals surface area contributed by atoms with Gasteiger partial charge in [0, 0.05) is 36.9 Å². The van der Waals surface area contributed by atoms with Gasteiger partial charge in [-0.05, 0) is 81.0 Å². The zero-order chi connectivity index (χ0) is 29.0. The first-order valence-corrected chi connectivity index (χ1v) is 13.7. The number of ether oxygens (including phenoxy) is 1. The van der Waals surface area contributed by atoms with E-state index in [0.717, 1.165) is 35.3 Å². The van der Waals surface area contributed by atoms with Crippen LogP contribution in [0.5, 0.6) is 0 Å². The van der Waals surface area contributed by atoms with Crippen LogP contribution >= 0.6 is 0 Å². The van der Waals surface area contributed by atoms with Gasteiger partial charge < -0.3 is 26.0 Å². The van der Waals surface area contributed by atoms with Crippen LogP contribution in [0.25, 0.3) is 10.9 Å². The maximum atomic E-state index is 12.4. The Morgan fingerprint density at radius 2 is 1.80 bits per heavy atom. The van der Waals surface area contributed by atoms with Gasteiger partial charge in [0.05, 0.1) is 11.1 Å². The molecule has 4 aromatic rings. The summed E-state index contributed by atoms with van der Waals surface area (Å²) in [6.45, 7) is 7.54. The first kappa shape index (κ1) is 27.8. The van der Waals surface area contributed by atoms with Crippen molar-refractivity contribution < 1.29 is 14.3 Å². The van der Waals surface area contributed by atoms with E-state index in [9.17, 15) is 9.59 Å². The number of nitrogens with two attached hydrogens (primary N) is 1. The van der Waals surface area contributed by atoms with E-state index in [1.165, 1.54) is 11.9 Å². The Balaban J connectivity index is 1.18. The molecule has 1 aliphatic heterocycles. The van der Waals surface area contributed by atoms with Crippen LogP contribution in [0.2, 0.25) is 0 Å². The molecule has 10 heteroatoms. The SMILES string of the molecule is CC(C)(C)OC(=O)N1CCC(c2ccc(Nc3cccc(CNc4ncnc5c(C(N)=O)cccc45)c3)nc2)CC1. The first-order chi connectivity index (χ1) is 19.7. The molecule has 41 heavy (non-hydrogen) atoms. The van der Waals surface area contributed by atoms with Crippen LogP contribution in [0.1, 0.15) is 61.0 Å². The Morgan fingerprint density at radius 1 is 1.02 bits per heavy atom. The van der Waals surface area contributed by atoms with E-state index in [2.05, 4.69) is 31.7 Å². The molecule has 2 amide bonds. The zero-order valence-corrected chi connectivity index (χ0v) is 23.6. The van der Waals surface area contributed by atoms with Crippen LogP contribution in [0.4, 0.5) is 22.1 Å². The molecule has 5 rings (SSSR count). The third kappa shape index (κ3) is 6.89. The molecule has 2 aromatic heterocycles. The van der Waals surface area contributed by atoms with Crippen LogP contribution in [0.15, 0.2) is 67.1 Å². The molecule has 0 unspecified atom stereocenters. The number of carbonyl (C=O) groups excluding carboxylic acids is 2. The molecule has 0 radical (unpaired) electrons. The number of hydrogen-bond donors (Lipinski definition) is 3. The van der Waals surface area contributed by atoms with Gasteiger partial charge in [-0.15, -0.1) is 0 Å². The number of carbonyl (C=O) groups is 2. The van der Waals surface area contributed by atoms with Crippen molar-refractivity contribution in [2.75, 3.05) is 23.7 Å². The van der Waals surface area contributed by atoms with Crippen molar-refractivity contribution in [1.82, 2.24) is 19.9 Å². The number of anilines is 3. The summed E-state index contributed by atoms with van der Waals surface area (Å²) in [7, 11) is 0. The molecular weight excluding hydrogens is 518 g/mol. The standard InChI is InChI=1S/C31H35N7O3/c1-31(2,3)41-30(40)38-14-12-21(13-15-38)22-10-11-26(33-18-22)37-23-7-4-6-20(16-23)17-34-29-25-9-5-8-24(28(32)39)27(25)35-19-36-29/h4-11,16,18-19,21H,12-15,17H2,1-3H3,(H2,32,39)(H,33,37)(H,34,35,36). The van der Waals surface area contributed by atoms with Crippen LogP contribution < -0.4 is 16.4 Å². The Morgan fingerprint density at radius 3 is 2.51 bits per heavy atom. The summed E-state index contributed by atoms with van der Waals surface area (Å²) in [6, 6.07) is 17.4. The van der Waals surface area contributed by atoms with E-state index in [4.69, 9.17) is 10.5 Å². The normalized spacial score (nSPS) is 14.1. The van der Waals surface area contributed by atoms with Gasteiger partial charge in [-0.25, -0.2) is 19.7 Å². The second-order valence-corrected chi connectivity index (χ2v) is 11.2. The summed E-state index contributed by atoms with van der Waals surface area (Å²) in [6.07, 6.45) is 4.87. The van der Waals surface area contributed by atoms with Crippen molar-refractivity contribution in [2.45, 2.75) is 51.7 Å². The third-order valence-electron chi connectivity index (χ3n) is 6.99. The third-order valence-corrected chi connectivity index (χ3v) is 6.99. The fraction of sp³-hybridized carbons (Fsp3) is 0.323. The van der Waals surface area contributed by atoms with E-state index >= 15 is 0 Å². The highest BCUT2D eigenvalue weighted by atomic mass is 16.6. The summed E-state index contributed by atoms with van der Waals surface area (Å²) in [5, 5.41) is 7.46. The lowest BCUT2D eigenvalue weighted by molar-refractivity contribution is 0.0204. The fourth-order valence-corrected chi connectivity index (χ4v) is 4.96. The molecule has 0 atom stereocenters. The van der Waals surface area contributed by atoms with E-state index in [1.807, 2.05) is 63.4 Å². The van der Waals surface area contributed by atoms with Crippen LogP contribution in [0.3, 0.4) is 0 Å². The van der Waals surface area contributed by atoms with Gasteiger partial charge in [0.25, 0.3) is 5.91 Å². The number of aromatic nitrogens is 3. The number of fused-ring (bicyclic) bond motifs is 1. The molecule has 0 saturated carbocycles. The summed E-state index contributed by atoms with van der Waals surface area (Å²) < 4.78 is 5.51. The maximum Gasteiger partial charge on any atom is 0.410 e. The highest BCUT2D eigenvalue weighted by Gasteiger charge is 2.27. The monoisotopic (exact) mass is 553 g/mol. The number of pyridine rings is 1. The van der Waals surface area contributed by atoms with Gasteiger partial charge >= 0.3 is 6.09 Å². The smallest absolute Gasteiger partial charge is 0.410 e. The predicted octanol–water partition coefficient (Wildman–Crippen LogP) is 5.59. The van der Waals surface area contributed by atoms with Crippen molar-refractivity contribution in [1.29, 1.82) is 0 Å². The molecule has 0 spiro atoms. The molecule has 1 aliphatic rings. The molecule has 1 fully saturated rings. The second kappa shape index (κ2) is 11.8. The number of likely N-dealkylation sites (tertiary alicyclic amines) is 1. The minimum Gasteiger partial charge on any atom is -0.444 e. The van der Waals surface area contributed by atoms with Crippen molar-refractivity contribution >= 4 is 40.2 Å². The number of nitrogens with one attached hydrogen (secondary N) is 2. The van der Waals surface area contributed by atoms with Crippen LogP contribution in [-0.4, -0.2) is 50.5 Å². The molecule has 212 valence electrons. The van der Waals surface area contributed by atoms with Crippen molar-refractivity contribution in [3.8, 4) is 0 Å². The van der Waals surface area contributed by atoms with E-state index in [0.29, 0.717) is 42.5 Å². The molecule has 2 aromatic carbocycles. The molecule has 4 N–H and O–H groups in total. The minimum atomic E-state index is -0.524. The van der Waals surface area contributed by atoms with Gasteiger partial charge in [0.2, 0.25) is 0 Å². The molecule has 10 nitrogen and oxygen atoms in total. The average Bonchev–Trinajstić information content (AvgIpc) is 2.95. The summed E-state index contributed by atoms with van der Waals surface area (Å²) in [4.78, 5) is 39.2. The molecular formula is C31H35N7O3. The van der Waals surface area contributed by atoms with Gasteiger partial charge in [0.15, 0.2) is 0 Å². The Kier molecular flexibility index (Phi) is 8.00. The Labute approximate surface area is 239 Å². The largest absolute Gasteiger partial charge is 0.444 e. The number of hydrogen-bond acceptors (Lipinski definition) is 8. The molecule has 3 heterocycles. The zero-order valence-electron chi connectivity index (χ0n) is 23.6. The summed E-state index contributed by atoms with van der Waals surface area (Å²) in [5.41, 5.74) is 9.04. The number of primary amides is 1. The lowest BCUT2D eigenvalue weighted by atomic mass is 9.90. The Bertz CT molecular complexity index is 1540. The number of benzene rings is 2. The van der Waals surface area contributed by atoms with Gasteiger partial charge in [-0.2, -0.15) is 0 Å². The molecule has 0 bridgehead atoms. The number of nitrogens with zero attached hydrogens (tertiary/aromatic N) is 4. The lowest BCUT2D eigenvalue weighted by Crippen LogP contribution is -2.41. The van der Waals surface area contributed by atoms with Crippen molar-refractivity contribution in [3.05, 3.63) is 83.8 Å². The van der Waals surface area contributed by atoms with Gasteiger partial charge in [0.1, 0.15) is 23.6 Å². The second-order valence-electron chi connectivity index (χ2n) is 11.2. The van der Waals surface area contributed by atoms with Crippen molar-refractivity contribution in [3.63, 3.8) is 0 Å². The average molecular weight is 554 g/mol. The topological polar surface area (TPSA) is 135 Å². The first-order valence-electron chi connectivity index (χ1n) is 13.7. The molecule has 1 saturated heterocycles. The summed E-state index contributed by atoms with van der Waals surface area (Å²) >= 11 is 0. The van der Waals surface area contributed by atoms with E-state index in [-0.39, 0.29) is 6.09 Å². The summed E-state index contributed by atoms with van der Waals surface area (Å²) in [5.74, 6) is 1.22. The number of amides is 2. The maximum absolute atomic E-state index is 12.4. The lowest BCUT2D eigenvalue weighted by Gasteiger charge is -2.33. The van der Waals surface area contributed by atoms with E-state index < -0.39 is 11.5 Å². The minimum absolute atomic E-state index is 0.242. The highest BCUT2D eigenvalue weighted by Crippen LogP contribution is 2.29.